The van der Waals surface area contributed by atoms with Crippen LogP contribution in [0.25, 0.3) is 0 Å². The summed E-state index contributed by atoms with van der Waals surface area (Å²) in [4.78, 5) is 0. The fraction of sp³-hybridized carbons (Fsp3) is 1.00. The molecule has 1 rings (SSSR count). The van der Waals surface area contributed by atoms with Crippen LogP contribution in [0.3, 0.4) is 0 Å². The zero-order chi connectivity index (χ0) is 9.03. The van der Waals surface area contributed by atoms with E-state index in [-0.39, 0.29) is 5.54 Å². The third-order valence-corrected chi connectivity index (χ3v) is 2.33. The molecule has 72 valence electrons. The molecule has 3 nitrogen and oxygen atoms in total. The molecule has 0 unspecified atom stereocenters. The van der Waals surface area contributed by atoms with Crippen molar-refractivity contribution < 1.29 is 0 Å². The molecule has 1 heterocycles. The Balaban J connectivity index is 2.28. The van der Waals surface area contributed by atoms with Gasteiger partial charge < -0.3 is 5.73 Å². The van der Waals surface area contributed by atoms with E-state index in [0.717, 1.165) is 0 Å². The lowest BCUT2D eigenvalue weighted by Crippen LogP contribution is -2.55. The predicted molar refractivity (Wildman–Crippen MR) is 51.7 cm³/mol. The van der Waals surface area contributed by atoms with E-state index in [1.807, 2.05) is 0 Å². The highest BCUT2D eigenvalue weighted by atomic mass is 15.5. The Morgan fingerprint density at radius 2 is 1.83 bits per heavy atom. The van der Waals surface area contributed by atoms with E-state index in [1.54, 1.807) is 0 Å². The van der Waals surface area contributed by atoms with E-state index >= 15 is 0 Å². The van der Waals surface area contributed by atoms with E-state index in [9.17, 15) is 0 Å². The molecule has 0 radical (unpaired) electrons. The van der Waals surface area contributed by atoms with Crippen LogP contribution in [-0.4, -0.2) is 30.2 Å². The lowest BCUT2D eigenvalue weighted by Gasteiger charge is -2.35. The standard InChI is InChI=1S/C9H21N3/c1-9(2,8-10)11-12-6-4-3-5-7-12/h11H,3-8,10H2,1-2H3. The van der Waals surface area contributed by atoms with Crippen LogP contribution in [0.1, 0.15) is 33.1 Å². The number of piperidine rings is 1. The number of rotatable bonds is 3. The second kappa shape index (κ2) is 4.21. The molecule has 12 heavy (non-hydrogen) atoms. The molecule has 1 aliphatic heterocycles. The number of hydrogen-bond donors (Lipinski definition) is 2. The molecule has 0 bridgehead atoms. The molecule has 1 saturated heterocycles. The Hall–Kier alpha value is -0.120. The first kappa shape index (κ1) is 9.96. The van der Waals surface area contributed by atoms with E-state index in [4.69, 9.17) is 5.73 Å². The topological polar surface area (TPSA) is 41.3 Å². The normalized spacial score (nSPS) is 21.2. The zero-order valence-electron chi connectivity index (χ0n) is 8.27. The van der Waals surface area contributed by atoms with Gasteiger partial charge in [-0.2, -0.15) is 0 Å². The van der Waals surface area contributed by atoms with Gasteiger partial charge >= 0.3 is 0 Å². The number of nitrogens with one attached hydrogen (secondary N) is 1. The molecule has 3 N–H and O–H groups in total. The van der Waals surface area contributed by atoms with Gasteiger partial charge in [-0.1, -0.05) is 6.42 Å². The first-order valence-corrected chi connectivity index (χ1v) is 4.87. The number of hydrogen-bond acceptors (Lipinski definition) is 3. The van der Waals surface area contributed by atoms with Crippen molar-refractivity contribution in [3.8, 4) is 0 Å². The SMILES string of the molecule is CC(C)(CN)NN1CCCCC1. The summed E-state index contributed by atoms with van der Waals surface area (Å²) >= 11 is 0. The van der Waals surface area contributed by atoms with Crippen molar-refractivity contribution in [1.29, 1.82) is 0 Å². The van der Waals surface area contributed by atoms with Crippen LogP contribution in [0, 0.1) is 0 Å². The van der Waals surface area contributed by atoms with Crippen molar-refractivity contribution in [2.75, 3.05) is 19.6 Å². The van der Waals surface area contributed by atoms with Gasteiger partial charge in [-0.3, -0.25) is 0 Å². The van der Waals surface area contributed by atoms with Gasteiger partial charge in [-0.25, -0.2) is 10.4 Å². The highest BCUT2D eigenvalue weighted by molar-refractivity contribution is 4.77. The molecule has 0 aromatic rings. The van der Waals surface area contributed by atoms with Crippen molar-refractivity contribution in [2.45, 2.75) is 38.6 Å². The van der Waals surface area contributed by atoms with Crippen molar-refractivity contribution in [3.63, 3.8) is 0 Å². The fourth-order valence-corrected chi connectivity index (χ4v) is 1.48. The lowest BCUT2D eigenvalue weighted by atomic mass is 10.1. The summed E-state index contributed by atoms with van der Waals surface area (Å²) in [5.41, 5.74) is 9.14. The monoisotopic (exact) mass is 171 g/mol. The Morgan fingerprint density at radius 3 is 2.33 bits per heavy atom. The second-order valence-corrected chi connectivity index (χ2v) is 4.25. The number of nitrogens with two attached hydrogens (primary N) is 1. The van der Waals surface area contributed by atoms with Gasteiger partial charge in [0, 0.05) is 25.2 Å². The summed E-state index contributed by atoms with van der Waals surface area (Å²) in [5, 5.41) is 2.30. The minimum Gasteiger partial charge on any atom is -0.329 e. The molecule has 0 aromatic heterocycles. The maximum atomic E-state index is 5.63. The molecule has 0 amide bonds. The molecular weight excluding hydrogens is 150 g/mol. The summed E-state index contributed by atoms with van der Waals surface area (Å²) in [6.07, 6.45) is 4.00. The molecule has 3 heteroatoms. The average Bonchev–Trinajstić information content (AvgIpc) is 2.06. The third-order valence-electron chi connectivity index (χ3n) is 2.33. The molecule has 0 saturated carbocycles. The van der Waals surface area contributed by atoms with Gasteiger partial charge in [0.25, 0.3) is 0 Å². The summed E-state index contributed by atoms with van der Waals surface area (Å²) in [7, 11) is 0. The van der Waals surface area contributed by atoms with Crippen LogP contribution in [0.2, 0.25) is 0 Å². The smallest absolute Gasteiger partial charge is 0.0391 e. The average molecular weight is 171 g/mol. The van der Waals surface area contributed by atoms with Crippen molar-refractivity contribution in [3.05, 3.63) is 0 Å². The van der Waals surface area contributed by atoms with Crippen LogP contribution >= 0.6 is 0 Å². The van der Waals surface area contributed by atoms with Crippen LogP contribution in [0.5, 0.6) is 0 Å². The Bertz CT molecular complexity index is 128. The molecule has 0 aliphatic carbocycles. The Kier molecular flexibility index (Phi) is 3.50. The van der Waals surface area contributed by atoms with Gasteiger partial charge in [-0.05, 0) is 26.7 Å². The first-order chi connectivity index (χ1) is 5.64. The molecular formula is C9H21N3. The quantitative estimate of drug-likeness (QED) is 0.657. The van der Waals surface area contributed by atoms with Crippen molar-refractivity contribution in [1.82, 2.24) is 10.4 Å². The highest BCUT2D eigenvalue weighted by Crippen LogP contribution is 2.09. The van der Waals surface area contributed by atoms with Crippen LogP contribution in [0.15, 0.2) is 0 Å². The number of hydrazine groups is 1. The minimum atomic E-state index is 0.0529. The Labute approximate surface area is 75.3 Å². The highest BCUT2D eigenvalue weighted by Gasteiger charge is 2.19. The largest absolute Gasteiger partial charge is 0.329 e. The van der Waals surface area contributed by atoms with Gasteiger partial charge in [0.15, 0.2) is 0 Å². The van der Waals surface area contributed by atoms with E-state index < -0.39 is 0 Å². The fourth-order valence-electron chi connectivity index (χ4n) is 1.48. The minimum absolute atomic E-state index is 0.0529. The molecule has 0 spiro atoms. The lowest BCUT2D eigenvalue weighted by molar-refractivity contribution is 0.0991. The van der Waals surface area contributed by atoms with Crippen molar-refractivity contribution in [2.24, 2.45) is 5.73 Å². The first-order valence-electron chi connectivity index (χ1n) is 4.87. The zero-order valence-corrected chi connectivity index (χ0v) is 8.27. The van der Waals surface area contributed by atoms with E-state index in [1.165, 1.54) is 32.4 Å². The maximum Gasteiger partial charge on any atom is 0.0391 e. The van der Waals surface area contributed by atoms with Gasteiger partial charge in [0.05, 0.1) is 0 Å². The van der Waals surface area contributed by atoms with Gasteiger partial charge in [0.2, 0.25) is 0 Å². The van der Waals surface area contributed by atoms with E-state index in [0.29, 0.717) is 6.54 Å². The van der Waals surface area contributed by atoms with Gasteiger partial charge in [0.1, 0.15) is 0 Å². The molecule has 1 aliphatic rings. The second-order valence-electron chi connectivity index (χ2n) is 4.25. The summed E-state index contributed by atoms with van der Waals surface area (Å²) in [6.45, 7) is 7.31. The maximum absolute atomic E-state index is 5.63. The summed E-state index contributed by atoms with van der Waals surface area (Å²) in [5.74, 6) is 0. The Morgan fingerprint density at radius 1 is 1.25 bits per heavy atom. The predicted octanol–water partition coefficient (Wildman–Crippen LogP) is 0.714. The number of nitrogens with zero attached hydrogens (tertiary/aromatic N) is 1. The van der Waals surface area contributed by atoms with Crippen molar-refractivity contribution >= 4 is 0 Å². The molecule has 0 atom stereocenters. The molecule has 0 aromatic carbocycles. The summed E-state index contributed by atoms with van der Waals surface area (Å²) < 4.78 is 0. The summed E-state index contributed by atoms with van der Waals surface area (Å²) in [6, 6.07) is 0. The third kappa shape index (κ3) is 3.09. The molecule has 1 fully saturated rings. The van der Waals surface area contributed by atoms with Gasteiger partial charge in [-0.15, -0.1) is 0 Å². The van der Waals surface area contributed by atoms with E-state index in [2.05, 4.69) is 24.3 Å². The van der Waals surface area contributed by atoms with Crippen LogP contribution in [0.4, 0.5) is 0 Å². The van der Waals surface area contributed by atoms with Crippen LogP contribution < -0.4 is 11.2 Å². The van der Waals surface area contributed by atoms with Crippen LogP contribution in [-0.2, 0) is 0 Å².